The first-order valence-corrected chi connectivity index (χ1v) is 9.51. The summed E-state index contributed by atoms with van der Waals surface area (Å²) < 4.78 is 5.11. The summed E-state index contributed by atoms with van der Waals surface area (Å²) in [5.74, 6) is 0.354. The molecular weight excluding hydrogens is 380 g/mol. The first kappa shape index (κ1) is 20.8. The fourth-order valence-electron chi connectivity index (χ4n) is 2.93. The van der Waals surface area contributed by atoms with Gasteiger partial charge in [0.2, 0.25) is 0 Å². The molecule has 0 aliphatic carbocycles. The van der Waals surface area contributed by atoms with Crippen molar-refractivity contribution in [3.05, 3.63) is 70.8 Å². The lowest BCUT2D eigenvalue weighted by molar-refractivity contribution is -0.117. The van der Waals surface area contributed by atoms with E-state index in [0.717, 1.165) is 0 Å². The third kappa shape index (κ3) is 4.39. The molecule has 0 saturated carbocycles. The number of aliphatic imine (C=N–C) groups is 1. The van der Waals surface area contributed by atoms with Crippen molar-refractivity contribution in [1.29, 1.82) is 5.26 Å². The molecule has 2 N–H and O–H groups in total. The molecule has 0 saturated heterocycles. The van der Waals surface area contributed by atoms with Gasteiger partial charge in [0.1, 0.15) is 23.2 Å². The molecule has 0 aromatic heterocycles. The van der Waals surface area contributed by atoms with Crippen LogP contribution in [0.1, 0.15) is 35.3 Å². The van der Waals surface area contributed by atoms with Crippen molar-refractivity contribution in [2.45, 2.75) is 13.8 Å². The second-order valence-corrected chi connectivity index (χ2v) is 7.13. The monoisotopic (exact) mass is 402 g/mol. The number of nitrogens with zero attached hydrogens (tertiary/aromatic N) is 2. The highest BCUT2D eigenvalue weighted by atomic mass is 16.5. The van der Waals surface area contributed by atoms with Crippen LogP contribution in [-0.2, 0) is 4.79 Å². The Morgan fingerprint density at radius 3 is 2.37 bits per heavy atom. The normalized spacial score (nSPS) is 13.8. The number of hydrogen-bond acceptors (Lipinski definition) is 5. The van der Waals surface area contributed by atoms with Gasteiger partial charge in [-0.15, -0.1) is 0 Å². The van der Waals surface area contributed by atoms with Crippen molar-refractivity contribution in [3.8, 4) is 11.8 Å². The van der Waals surface area contributed by atoms with Crippen molar-refractivity contribution in [3.63, 3.8) is 0 Å². The lowest BCUT2D eigenvalue weighted by atomic mass is 10.0. The number of hydrogen-bond donors (Lipinski definition) is 2. The molecule has 1 heterocycles. The largest absolute Gasteiger partial charge is 0.497 e. The van der Waals surface area contributed by atoms with Gasteiger partial charge in [0.05, 0.1) is 12.8 Å². The molecule has 7 nitrogen and oxygen atoms in total. The van der Waals surface area contributed by atoms with Crippen LogP contribution in [0.25, 0.3) is 5.70 Å². The topological polar surface area (TPSA) is 104 Å². The molecule has 1 aliphatic heterocycles. The van der Waals surface area contributed by atoms with E-state index in [0.29, 0.717) is 34.8 Å². The lowest BCUT2D eigenvalue weighted by Gasteiger charge is -2.08. The molecule has 3 rings (SSSR count). The maximum atomic E-state index is 12.7. The Morgan fingerprint density at radius 1 is 1.10 bits per heavy atom. The Bertz CT molecular complexity index is 1080. The van der Waals surface area contributed by atoms with Crippen LogP contribution in [-0.4, -0.2) is 31.3 Å². The minimum Gasteiger partial charge on any atom is -0.497 e. The van der Waals surface area contributed by atoms with Gasteiger partial charge in [0.25, 0.3) is 11.8 Å². The fraction of sp³-hybridized carbons (Fsp3) is 0.217. The van der Waals surface area contributed by atoms with Gasteiger partial charge in [-0.1, -0.05) is 38.1 Å². The van der Waals surface area contributed by atoms with E-state index in [1.165, 1.54) is 0 Å². The van der Waals surface area contributed by atoms with Crippen molar-refractivity contribution in [2.75, 3.05) is 13.7 Å². The quantitative estimate of drug-likeness (QED) is 0.593. The van der Waals surface area contributed by atoms with Crippen molar-refractivity contribution in [1.82, 2.24) is 10.6 Å². The number of benzene rings is 2. The van der Waals surface area contributed by atoms with Crippen LogP contribution in [0.3, 0.4) is 0 Å². The van der Waals surface area contributed by atoms with Crippen LogP contribution in [0.2, 0.25) is 0 Å². The molecule has 0 unspecified atom stereocenters. The molecular formula is C23H22N4O3. The van der Waals surface area contributed by atoms with E-state index in [9.17, 15) is 14.9 Å². The second-order valence-electron chi connectivity index (χ2n) is 7.13. The van der Waals surface area contributed by atoms with Gasteiger partial charge in [-0.25, -0.2) is 4.99 Å². The average Bonchev–Trinajstić information content (AvgIpc) is 3.11. The first-order chi connectivity index (χ1) is 14.4. The first-order valence-electron chi connectivity index (χ1n) is 9.51. The minimum absolute atomic E-state index is 0.0863. The highest BCUT2D eigenvalue weighted by Gasteiger charge is 2.27. The summed E-state index contributed by atoms with van der Waals surface area (Å²) in [6, 6.07) is 15.8. The summed E-state index contributed by atoms with van der Waals surface area (Å²) in [5.41, 5.74) is 1.87. The average molecular weight is 402 g/mol. The van der Waals surface area contributed by atoms with Crippen LogP contribution >= 0.6 is 0 Å². The van der Waals surface area contributed by atoms with Gasteiger partial charge < -0.3 is 15.4 Å². The molecule has 0 spiro atoms. The summed E-state index contributed by atoms with van der Waals surface area (Å²) in [5, 5.41) is 15.1. The number of nitrogens with one attached hydrogen (secondary N) is 2. The van der Waals surface area contributed by atoms with Crippen LogP contribution < -0.4 is 15.4 Å². The Kier molecular flexibility index (Phi) is 6.28. The summed E-state index contributed by atoms with van der Waals surface area (Å²) in [6.45, 7) is 4.38. The van der Waals surface area contributed by atoms with Gasteiger partial charge in [-0.05, 0) is 30.2 Å². The molecule has 0 bridgehead atoms. The molecule has 0 radical (unpaired) electrons. The highest BCUT2D eigenvalue weighted by Crippen LogP contribution is 2.30. The number of amidine groups is 1. The van der Waals surface area contributed by atoms with E-state index in [-0.39, 0.29) is 23.1 Å². The zero-order valence-corrected chi connectivity index (χ0v) is 17.0. The van der Waals surface area contributed by atoms with Crippen molar-refractivity contribution < 1.29 is 14.3 Å². The number of nitriles is 1. The van der Waals surface area contributed by atoms with E-state index in [1.54, 1.807) is 49.6 Å². The molecule has 30 heavy (non-hydrogen) atoms. The Labute approximate surface area is 175 Å². The molecule has 152 valence electrons. The molecule has 1 aliphatic rings. The van der Waals surface area contributed by atoms with Crippen LogP contribution in [0.15, 0.2) is 59.1 Å². The molecule has 7 heteroatoms. The van der Waals surface area contributed by atoms with Gasteiger partial charge in [-0.2, -0.15) is 5.26 Å². The Morgan fingerprint density at radius 2 is 1.77 bits per heavy atom. The number of methoxy groups -OCH3 is 1. The predicted octanol–water partition coefficient (Wildman–Crippen LogP) is 2.89. The molecule has 0 atom stereocenters. The zero-order chi connectivity index (χ0) is 21.7. The van der Waals surface area contributed by atoms with Crippen LogP contribution in [0, 0.1) is 17.2 Å². The Hall–Kier alpha value is -3.92. The number of fused-ring (bicyclic) bond motifs is 1. The third-order valence-electron chi connectivity index (χ3n) is 4.49. The third-order valence-corrected chi connectivity index (χ3v) is 4.49. The van der Waals surface area contributed by atoms with Gasteiger partial charge in [0, 0.05) is 23.2 Å². The van der Waals surface area contributed by atoms with E-state index in [4.69, 9.17) is 4.74 Å². The summed E-state index contributed by atoms with van der Waals surface area (Å²) in [4.78, 5) is 29.6. The van der Waals surface area contributed by atoms with Gasteiger partial charge in [0.15, 0.2) is 0 Å². The molecule has 2 amide bonds. The number of amides is 2. The second kappa shape index (κ2) is 9.05. The minimum atomic E-state index is -0.484. The highest BCUT2D eigenvalue weighted by molar-refractivity contribution is 6.20. The lowest BCUT2D eigenvalue weighted by Crippen LogP contribution is -2.30. The molecule has 0 fully saturated rings. The van der Waals surface area contributed by atoms with Crippen molar-refractivity contribution in [2.24, 2.45) is 10.9 Å². The van der Waals surface area contributed by atoms with E-state index in [2.05, 4.69) is 15.6 Å². The van der Waals surface area contributed by atoms with E-state index in [1.807, 2.05) is 26.0 Å². The van der Waals surface area contributed by atoms with Crippen molar-refractivity contribution >= 4 is 23.3 Å². The number of ether oxygens (including phenoxy) is 1. The van der Waals surface area contributed by atoms with E-state index < -0.39 is 5.91 Å². The Balaban J connectivity index is 1.94. The maximum absolute atomic E-state index is 12.7. The standard InChI is InChI=1S/C23H22N4O3/c1-14(2)13-25-23(29)19(12-24)20-17-6-4-5-7-18(17)21(26-20)27-22(28)15-8-10-16(30-3)11-9-15/h4-11,14H,13H2,1-3H3,(H,25,29)(H,26,27,28)/b20-19-. The maximum Gasteiger partial charge on any atom is 0.264 e. The molecule has 2 aromatic rings. The SMILES string of the molecule is COc1ccc(C(=O)NC2=N/C(=C(/C#N)C(=O)NCC(C)C)c3ccccc32)cc1. The smallest absolute Gasteiger partial charge is 0.264 e. The number of carbonyl (C=O) groups excluding carboxylic acids is 2. The summed E-state index contributed by atoms with van der Waals surface area (Å²) >= 11 is 0. The summed E-state index contributed by atoms with van der Waals surface area (Å²) in [6.07, 6.45) is 0. The van der Waals surface area contributed by atoms with E-state index >= 15 is 0 Å². The zero-order valence-electron chi connectivity index (χ0n) is 17.0. The molecule has 2 aromatic carbocycles. The predicted molar refractivity (Wildman–Crippen MR) is 114 cm³/mol. The fourth-order valence-corrected chi connectivity index (χ4v) is 2.93. The van der Waals surface area contributed by atoms with Gasteiger partial charge in [-0.3, -0.25) is 9.59 Å². The van der Waals surface area contributed by atoms with Crippen LogP contribution in [0.5, 0.6) is 5.75 Å². The number of carbonyl (C=O) groups is 2. The number of rotatable bonds is 5. The van der Waals surface area contributed by atoms with Gasteiger partial charge >= 0.3 is 0 Å². The summed E-state index contributed by atoms with van der Waals surface area (Å²) in [7, 11) is 1.55. The van der Waals surface area contributed by atoms with Crippen LogP contribution in [0.4, 0.5) is 0 Å².